The summed E-state index contributed by atoms with van der Waals surface area (Å²) < 4.78 is 23.0. The van der Waals surface area contributed by atoms with Crippen LogP contribution in [0, 0.1) is 11.8 Å². The first kappa shape index (κ1) is 13.3. The summed E-state index contributed by atoms with van der Waals surface area (Å²) in [5.74, 6) is -0.511. The Bertz CT molecular complexity index is 379. The summed E-state index contributed by atoms with van der Waals surface area (Å²) in [6, 6.07) is 0. The van der Waals surface area contributed by atoms with Crippen LogP contribution in [0.1, 0.15) is 20.3 Å². The lowest BCUT2D eigenvalue weighted by Crippen LogP contribution is -2.40. The number of halogens is 2. The maximum Gasteiger partial charge on any atom is 0.236 e. The van der Waals surface area contributed by atoms with E-state index in [1.165, 1.54) is 4.89 Å². The Kier molecular flexibility index (Phi) is 4.06. The molecule has 15 heavy (non-hydrogen) atoms. The van der Waals surface area contributed by atoms with Crippen molar-refractivity contribution in [1.82, 2.24) is 4.89 Å². The minimum absolute atomic E-state index is 0.108. The molecule has 0 aromatic heterocycles. The maximum atomic E-state index is 11.5. The first-order chi connectivity index (χ1) is 6.81. The van der Waals surface area contributed by atoms with E-state index in [4.69, 9.17) is 28.4 Å². The zero-order valence-corrected chi connectivity index (χ0v) is 10.7. The van der Waals surface area contributed by atoms with Gasteiger partial charge in [-0.25, -0.2) is 8.42 Å². The number of rotatable bonds is 2. The zero-order chi connectivity index (χ0) is 11.8. The highest BCUT2D eigenvalue weighted by atomic mass is 35.5. The molecule has 0 bridgehead atoms. The van der Waals surface area contributed by atoms with E-state index in [1.807, 2.05) is 0 Å². The van der Waals surface area contributed by atoms with Gasteiger partial charge in [-0.2, -0.15) is 0 Å². The average molecular weight is 274 g/mol. The van der Waals surface area contributed by atoms with Crippen molar-refractivity contribution < 1.29 is 13.6 Å². The molecule has 3 unspecified atom stereocenters. The van der Waals surface area contributed by atoms with Gasteiger partial charge in [0.2, 0.25) is 10.0 Å². The fourth-order valence-corrected chi connectivity index (χ4v) is 3.76. The average Bonchev–Trinajstić information content (AvgIpc) is 2.20. The highest BCUT2D eigenvalue weighted by Gasteiger charge is 2.39. The minimum Gasteiger partial charge on any atom is -0.302 e. The van der Waals surface area contributed by atoms with E-state index in [1.54, 1.807) is 13.8 Å². The van der Waals surface area contributed by atoms with Gasteiger partial charge in [0.1, 0.15) is 0 Å². The lowest BCUT2D eigenvalue weighted by atomic mass is 9.90. The van der Waals surface area contributed by atoms with E-state index in [-0.39, 0.29) is 5.92 Å². The molecule has 0 fully saturated rings. The van der Waals surface area contributed by atoms with Gasteiger partial charge in [0.25, 0.3) is 0 Å². The first-order valence-electron chi connectivity index (χ1n) is 4.51. The fraction of sp³-hybridized carbons (Fsp3) is 0.750. The molecule has 3 atom stereocenters. The van der Waals surface area contributed by atoms with Crippen LogP contribution in [-0.2, 0) is 10.0 Å². The molecule has 1 aliphatic carbocycles. The molecule has 0 spiro atoms. The van der Waals surface area contributed by atoms with E-state index in [2.05, 4.69) is 0 Å². The second kappa shape index (κ2) is 4.59. The van der Waals surface area contributed by atoms with Crippen molar-refractivity contribution in [2.24, 2.45) is 11.8 Å². The summed E-state index contributed by atoms with van der Waals surface area (Å²) in [5, 5.41) is 8.70. The number of allylic oxidation sites excluding steroid dienone is 2. The lowest BCUT2D eigenvalue weighted by molar-refractivity contribution is 0.238. The Morgan fingerprint density at radius 1 is 1.33 bits per heavy atom. The molecule has 88 valence electrons. The topological polar surface area (TPSA) is 66.4 Å². The molecule has 1 rings (SSSR count). The first-order valence-corrected chi connectivity index (χ1v) is 6.81. The third-order valence-electron chi connectivity index (χ3n) is 2.73. The normalized spacial score (nSPS) is 33.3. The van der Waals surface area contributed by atoms with Crippen LogP contribution in [0.4, 0.5) is 0 Å². The van der Waals surface area contributed by atoms with Crippen molar-refractivity contribution in [2.75, 3.05) is 0 Å². The van der Waals surface area contributed by atoms with Crippen molar-refractivity contribution in [3.8, 4) is 0 Å². The molecule has 0 saturated heterocycles. The number of hydrogen-bond acceptors (Lipinski definition) is 3. The summed E-state index contributed by atoms with van der Waals surface area (Å²) in [7, 11) is -3.73. The second-order valence-electron chi connectivity index (χ2n) is 3.80. The monoisotopic (exact) mass is 273 g/mol. The predicted octanol–water partition coefficient (Wildman–Crippen LogP) is 2.03. The molecule has 2 N–H and O–H groups in total. The largest absolute Gasteiger partial charge is 0.302 e. The third kappa shape index (κ3) is 2.47. The van der Waals surface area contributed by atoms with E-state index in [0.717, 1.165) is 0 Å². The minimum atomic E-state index is -3.73. The van der Waals surface area contributed by atoms with Gasteiger partial charge in [-0.1, -0.05) is 41.9 Å². The molecule has 0 aromatic carbocycles. The SMILES string of the molecule is CC1CC(S(=O)(=O)NO)C(C)C(Cl)=C1Cl. The third-order valence-corrected chi connectivity index (χ3v) is 5.60. The number of hydrogen-bond donors (Lipinski definition) is 2. The maximum absolute atomic E-state index is 11.5. The van der Waals surface area contributed by atoms with Crippen molar-refractivity contribution in [3.63, 3.8) is 0 Å². The predicted molar refractivity (Wildman–Crippen MR) is 59.3 cm³/mol. The summed E-state index contributed by atoms with van der Waals surface area (Å²) in [6.07, 6.45) is 0.353. The van der Waals surface area contributed by atoms with Gasteiger partial charge in [0.05, 0.1) is 5.25 Å². The Morgan fingerprint density at radius 3 is 2.33 bits per heavy atom. The van der Waals surface area contributed by atoms with Crippen LogP contribution in [0.15, 0.2) is 10.1 Å². The zero-order valence-electron chi connectivity index (χ0n) is 8.37. The fourth-order valence-electron chi connectivity index (χ4n) is 1.74. The Morgan fingerprint density at radius 2 is 1.87 bits per heavy atom. The van der Waals surface area contributed by atoms with Crippen molar-refractivity contribution >= 4 is 33.2 Å². The van der Waals surface area contributed by atoms with Crippen molar-refractivity contribution in [3.05, 3.63) is 10.1 Å². The van der Waals surface area contributed by atoms with Crippen molar-refractivity contribution in [2.45, 2.75) is 25.5 Å². The van der Waals surface area contributed by atoms with Gasteiger partial charge < -0.3 is 5.21 Å². The molecule has 0 amide bonds. The van der Waals surface area contributed by atoms with Gasteiger partial charge >= 0.3 is 0 Å². The molecule has 0 radical (unpaired) electrons. The van der Waals surface area contributed by atoms with Crippen LogP contribution >= 0.6 is 23.2 Å². The molecule has 1 aliphatic rings. The van der Waals surface area contributed by atoms with Crippen LogP contribution in [0.3, 0.4) is 0 Å². The quantitative estimate of drug-likeness (QED) is 0.757. The molecular formula is C8H13Cl2NO3S. The van der Waals surface area contributed by atoms with E-state index >= 15 is 0 Å². The van der Waals surface area contributed by atoms with E-state index < -0.39 is 21.2 Å². The van der Waals surface area contributed by atoms with Crippen LogP contribution in [0.2, 0.25) is 0 Å². The number of nitrogens with one attached hydrogen (secondary N) is 1. The van der Waals surface area contributed by atoms with E-state index in [9.17, 15) is 8.42 Å². The Labute approximate surface area is 99.3 Å². The molecule has 7 heteroatoms. The summed E-state index contributed by atoms with van der Waals surface area (Å²) in [5.41, 5.74) is 0. The molecule has 0 aromatic rings. The lowest BCUT2D eigenvalue weighted by Gasteiger charge is -2.31. The van der Waals surface area contributed by atoms with Gasteiger partial charge in [0, 0.05) is 16.0 Å². The Hall–Kier alpha value is 0.190. The Balaban J connectivity index is 3.09. The number of sulfonamides is 1. The van der Waals surface area contributed by atoms with Crippen molar-refractivity contribution in [1.29, 1.82) is 0 Å². The summed E-state index contributed by atoms with van der Waals surface area (Å²) in [4.78, 5) is 1.35. The second-order valence-corrected chi connectivity index (χ2v) is 6.49. The molecular weight excluding hydrogens is 261 g/mol. The summed E-state index contributed by atoms with van der Waals surface area (Å²) >= 11 is 11.9. The van der Waals surface area contributed by atoms with Gasteiger partial charge in [0.15, 0.2) is 0 Å². The smallest absolute Gasteiger partial charge is 0.236 e. The molecule has 0 saturated carbocycles. The van der Waals surface area contributed by atoms with Crippen LogP contribution in [0.5, 0.6) is 0 Å². The van der Waals surface area contributed by atoms with Gasteiger partial charge in [-0.05, 0) is 12.3 Å². The highest BCUT2D eigenvalue weighted by molar-refractivity contribution is 7.89. The molecule has 0 heterocycles. The van der Waals surface area contributed by atoms with E-state index in [0.29, 0.717) is 16.5 Å². The van der Waals surface area contributed by atoms with Gasteiger partial charge in [-0.3, -0.25) is 0 Å². The van der Waals surface area contributed by atoms with Crippen LogP contribution in [0.25, 0.3) is 0 Å². The standard InChI is InChI=1S/C8H13Cl2NO3S/c1-4-3-6(15(13,14)11-12)5(2)8(10)7(4)9/h4-6,11-12H,3H2,1-2H3. The van der Waals surface area contributed by atoms with Gasteiger partial charge in [-0.15, -0.1) is 0 Å². The summed E-state index contributed by atoms with van der Waals surface area (Å²) in [6.45, 7) is 3.48. The van der Waals surface area contributed by atoms with Crippen LogP contribution < -0.4 is 4.89 Å². The molecule has 0 aliphatic heterocycles. The van der Waals surface area contributed by atoms with Crippen LogP contribution in [-0.4, -0.2) is 18.9 Å². The highest BCUT2D eigenvalue weighted by Crippen LogP contribution is 2.40. The molecule has 4 nitrogen and oxygen atoms in total.